The molecule has 1 N–H and O–H groups in total. The standard InChI is InChI=1S/C16H17NO3/c1-11(2)13(9-15(18)19)10-20-14-7-3-5-12-6-4-8-17-16(12)14/h3-9,11H,10H2,1-2H3,(H,18,19)/b13-9-. The van der Waals surface area contributed by atoms with E-state index >= 15 is 0 Å². The summed E-state index contributed by atoms with van der Waals surface area (Å²) < 4.78 is 5.75. The highest BCUT2D eigenvalue weighted by Crippen LogP contribution is 2.24. The quantitative estimate of drug-likeness (QED) is 0.848. The van der Waals surface area contributed by atoms with E-state index < -0.39 is 5.97 Å². The molecule has 2 rings (SSSR count). The fourth-order valence-corrected chi connectivity index (χ4v) is 1.89. The van der Waals surface area contributed by atoms with Crippen molar-refractivity contribution in [2.45, 2.75) is 13.8 Å². The third kappa shape index (κ3) is 3.35. The fraction of sp³-hybridized carbons (Fsp3) is 0.250. The van der Waals surface area contributed by atoms with Gasteiger partial charge in [-0.3, -0.25) is 4.98 Å². The molecule has 0 fully saturated rings. The minimum absolute atomic E-state index is 0.119. The predicted molar refractivity (Wildman–Crippen MR) is 77.8 cm³/mol. The number of nitrogens with zero attached hydrogens (tertiary/aromatic N) is 1. The van der Waals surface area contributed by atoms with E-state index in [1.54, 1.807) is 6.20 Å². The van der Waals surface area contributed by atoms with Gasteiger partial charge in [0.1, 0.15) is 17.9 Å². The topological polar surface area (TPSA) is 59.4 Å². The van der Waals surface area contributed by atoms with Gasteiger partial charge in [-0.2, -0.15) is 0 Å². The molecule has 0 saturated carbocycles. The molecule has 0 saturated heterocycles. The van der Waals surface area contributed by atoms with E-state index in [4.69, 9.17) is 9.84 Å². The molecule has 1 aromatic heterocycles. The lowest BCUT2D eigenvalue weighted by atomic mass is 10.0. The van der Waals surface area contributed by atoms with Crippen LogP contribution in [-0.4, -0.2) is 22.7 Å². The summed E-state index contributed by atoms with van der Waals surface area (Å²) >= 11 is 0. The molecule has 0 aliphatic carbocycles. The predicted octanol–water partition coefficient (Wildman–Crippen LogP) is 3.28. The number of ether oxygens (including phenoxy) is 1. The monoisotopic (exact) mass is 271 g/mol. The number of hydrogen-bond acceptors (Lipinski definition) is 3. The first-order valence-electron chi connectivity index (χ1n) is 6.48. The second-order valence-electron chi connectivity index (χ2n) is 4.83. The van der Waals surface area contributed by atoms with E-state index in [1.807, 2.05) is 44.2 Å². The van der Waals surface area contributed by atoms with E-state index in [2.05, 4.69) is 4.98 Å². The van der Waals surface area contributed by atoms with Crippen molar-refractivity contribution in [2.24, 2.45) is 5.92 Å². The minimum Gasteiger partial charge on any atom is -0.487 e. The van der Waals surface area contributed by atoms with Gasteiger partial charge in [0.2, 0.25) is 0 Å². The number of benzene rings is 1. The third-order valence-corrected chi connectivity index (χ3v) is 3.04. The van der Waals surface area contributed by atoms with Crippen LogP contribution in [0.25, 0.3) is 10.9 Å². The van der Waals surface area contributed by atoms with Crippen molar-refractivity contribution in [1.29, 1.82) is 0 Å². The van der Waals surface area contributed by atoms with E-state index in [0.717, 1.165) is 16.5 Å². The van der Waals surface area contributed by atoms with Crippen molar-refractivity contribution in [2.75, 3.05) is 6.61 Å². The summed E-state index contributed by atoms with van der Waals surface area (Å²) in [6, 6.07) is 9.54. The Balaban J connectivity index is 2.22. The zero-order valence-electron chi connectivity index (χ0n) is 11.5. The average molecular weight is 271 g/mol. The molecule has 1 aromatic carbocycles. The number of carboxylic acid groups (broad SMARTS) is 1. The average Bonchev–Trinajstić information content (AvgIpc) is 2.42. The molecule has 1 heterocycles. The molecule has 0 spiro atoms. The van der Waals surface area contributed by atoms with Crippen molar-refractivity contribution in [1.82, 2.24) is 4.98 Å². The number of aliphatic carboxylic acids is 1. The Bertz CT molecular complexity index is 642. The maximum atomic E-state index is 10.8. The number of pyridine rings is 1. The van der Waals surface area contributed by atoms with Crippen LogP contribution < -0.4 is 4.74 Å². The molecule has 0 atom stereocenters. The summed E-state index contributed by atoms with van der Waals surface area (Å²) in [5.41, 5.74) is 1.53. The molecule has 4 heteroatoms. The molecule has 104 valence electrons. The van der Waals surface area contributed by atoms with Gasteiger partial charge in [0.15, 0.2) is 0 Å². The van der Waals surface area contributed by atoms with Gasteiger partial charge in [0.25, 0.3) is 0 Å². The van der Waals surface area contributed by atoms with Crippen molar-refractivity contribution in [3.8, 4) is 5.75 Å². The Hall–Kier alpha value is -2.36. The summed E-state index contributed by atoms with van der Waals surface area (Å²) in [4.78, 5) is 15.1. The van der Waals surface area contributed by atoms with Crippen LogP contribution in [-0.2, 0) is 4.79 Å². The highest BCUT2D eigenvalue weighted by Gasteiger charge is 2.09. The molecular weight excluding hydrogens is 254 g/mol. The van der Waals surface area contributed by atoms with E-state index in [9.17, 15) is 4.79 Å². The van der Waals surface area contributed by atoms with Crippen molar-refractivity contribution >= 4 is 16.9 Å². The number of carboxylic acids is 1. The van der Waals surface area contributed by atoms with Gasteiger partial charge in [-0.1, -0.05) is 32.0 Å². The Morgan fingerprint density at radius 2 is 2.10 bits per heavy atom. The van der Waals surface area contributed by atoms with Crippen molar-refractivity contribution in [3.63, 3.8) is 0 Å². The maximum Gasteiger partial charge on any atom is 0.328 e. The fourth-order valence-electron chi connectivity index (χ4n) is 1.89. The first kappa shape index (κ1) is 14.1. The molecule has 0 bridgehead atoms. The second-order valence-corrected chi connectivity index (χ2v) is 4.83. The smallest absolute Gasteiger partial charge is 0.328 e. The van der Waals surface area contributed by atoms with Crippen LogP contribution in [0.2, 0.25) is 0 Å². The van der Waals surface area contributed by atoms with Gasteiger partial charge in [0.05, 0.1) is 0 Å². The zero-order chi connectivity index (χ0) is 14.5. The largest absolute Gasteiger partial charge is 0.487 e. The molecular formula is C16H17NO3. The normalized spacial score (nSPS) is 11.8. The van der Waals surface area contributed by atoms with Crippen LogP contribution in [0, 0.1) is 5.92 Å². The lowest BCUT2D eigenvalue weighted by Crippen LogP contribution is -2.09. The van der Waals surface area contributed by atoms with E-state index in [-0.39, 0.29) is 12.5 Å². The SMILES string of the molecule is CC(C)/C(=C\C(=O)O)COc1cccc2cccnc12. The van der Waals surface area contributed by atoms with Crippen LogP contribution in [0.5, 0.6) is 5.75 Å². The van der Waals surface area contributed by atoms with E-state index in [0.29, 0.717) is 5.75 Å². The van der Waals surface area contributed by atoms with Gasteiger partial charge in [0, 0.05) is 17.7 Å². The summed E-state index contributed by atoms with van der Waals surface area (Å²) in [5.74, 6) is -0.164. The minimum atomic E-state index is -0.951. The molecule has 2 aromatic rings. The first-order chi connectivity index (χ1) is 9.58. The highest BCUT2D eigenvalue weighted by molar-refractivity contribution is 5.84. The Labute approximate surface area is 117 Å². The number of fused-ring (bicyclic) bond motifs is 1. The second kappa shape index (κ2) is 6.19. The van der Waals surface area contributed by atoms with Gasteiger partial charge >= 0.3 is 5.97 Å². The summed E-state index contributed by atoms with van der Waals surface area (Å²) in [6.07, 6.45) is 2.93. The third-order valence-electron chi connectivity index (χ3n) is 3.04. The Morgan fingerprint density at radius 3 is 2.80 bits per heavy atom. The maximum absolute atomic E-state index is 10.8. The number of rotatable bonds is 5. The van der Waals surface area contributed by atoms with Gasteiger partial charge in [-0.05, 0) is 23.6 Å². The number of para-hydroxylation sites is 1. The lowest BCUT2D eigenvalue weighted by Gasteiger charge is -2.13. The Kier molecular flexibility index (Phi) is 4.35. The zero-order valence-corrected chi connectivity index (χ0v) is 11.5. The molecule has 0 unspecified atom stereocenters. The first-order valence-corrected chi connectivity index (χ1v) is 6.48. The molecule has 0 aliphatic rings. The number of carbonyl (C=O) groups is 1. The molecule has 0 radical (unpaired) electrons. The van der Waals surface area contributed by atoms with Gasteiger partial charge in [-0.25, -0.2) is 4.79 Å². The summed E-state index contributed by atoms with van der Waals surface area (Å²) in [7, 11) is 0. The molecule has 0 aliphatic heterocycles. The molecule has 20 heavy (non-hydrogen) atoms. The van der Waals surface area contributed by atoms with Crippen LogP contribution in [0.3, 0.4) is 0 Å². The summed E-state index contributed by atoms with van der Waals surface area (Å²) in [5, 5.41) is 9.86. The van der Waals surface area contributed by atoms with Crippen LogP contribution >= 0.6 is 0 Å². The number of hydrogen-bond donors (Lipinski definition) is 1. The van der Waals surface area contributed by atoms with Gasteiger partial charge < -0.3 is 9.84 Å². The van der Waals surface area contributed by atoms with Crippen molar-refractivity contribution < 1.29 is 14.6 Å². The van der Waals surface area contributed by atoms with E-state index in [1.165, 1.54) is 6.08 Å². The van der Waals surface area contributed by atoms with Gasteiger partial charge in [-0.15, -0.1) is 0 Å². The molecule has 0 amide bonds. The lowest BCUT2D eigenvalue weighted by molar-refractivity contribution is -0.131. The number of aromatic nitrogens is 1. The van der Waals surface area contributed by atoms with Crippen LogP contribution in [0.15, 0.2) is 48.2 Å². The Morgan fingerprint density at radius 1 is 1.35 bits per heavy atom. The summed E-state index contributed by atoms with van der Waals surface area (Å²) in [6.45, 7) is 4.14. The highest BCUT2D eigenvalue weighted by atomic mass is 16.5. The van der Waals surface area contributed by atoms with Crippen LogP contribution in [0.4, 0.5) is 0 Å². The van der Waals surface area contributed by atoms with Crippen molar-refractivity contribution in [3.05, 3.63) is 48.2 Å². The van der Waals surface area contributed by atoms with Crippen LogP contribution in [0.1, 0.15) is 13.8 Å². The molecule has 4 nitrogen and oxygen atoms in total.